The summed E-state index contributed by atoms with van der Waals surface area (Å²) < 4.78 is 0. The molecule has 7 N–H and O–H groups in total. The highest BCUT2D eigenvalue weighted by atomic mass is 16.5. The molecule has 0 atom stereocenters. The van der Waals surface area contributed by atoms with Crippen molar-refractivity contribution in [3.05, 3.63) is 0 Å². The Kier molecular flexibility index (Phi) is 47.5. The molecule has 0 aliphatic carbocycles. The van der Waals surface area contributed by atoms with Gasteiger partial charge >= 0.3 is 0 Å². The highest BCUT2D eigenvalue weighted by molar-refractivity contribution is 5.76. The molecule has 0 radical (unpaired) electrons. The molecule has 0 rings (SSSR count). The zero-order chi connectivity index (χ0) is 37.7. The van der Waals surface area contributed by atoms with Crippen LogP contribution < -0.4 is 21.3 Å². The number of rotatable bonds is 40. The number of hydrogen-bond donors (Lipinski definition) is 7. The molecule has 9 heteroatoms. The molecule has 2 amide bonds. The number of nitrogens with one attached hydrogen (secondary N) is 4. The second-order valence-electron chi connectivity index (χ2n) is 14.6. The summed E-state index contributed by atoms with van der Waals surface area (Å²) in [5, 5.41) is 37.8. The van der Waals surface area contributed by atoms with Crippen molar-refractivity contribution < 1.29 is 24.9 Å². The van der Waals surface area contributed by atoms with E-state index in [0.29, 0.717) is 32.5 Å². The molecule has 0 aromatic heterocycles. The van der Waals surface area contributed by atoms with Crippen LogP contribution in [0.4, 0.5) is 0 Å². The van der Waals surface area contributed by atoms with E-state index in [1.807, 2.05) is 0 Å². The maximum absolute atomic E-state index is 11.7. The van der Waals surface area contributed by atoms with Gasteiger partial charge in [0.1, 0.15) is 0 Å². The van der Waals surface area contributed by atoms with Gasteiger partial charge in [-0.05, 0) is 38.8 Å². The van der Waals surface area contributed by atoms with E-state index in [1.165, 1.54) is 148 Å². The molecule has 51 heavy (non-hydrogen) atoms. The normalized spacial score (nSPS) is 11.1. The standard InChI is InChI=1S/C21H44N2O3.C21H44N2O2/c1-2-3-4-5-6-7-8-9-10-11-12-13-14-16-20(24)23-18-15-17-22-19-21(25)26;1-2-3-4-5-6-7-8-9-10-11-12-13-14-16-21(25)23-18-15-17-22-19-20-24/h21-22,25-26H,2-19H2,1H3,(H,23,24);22,24H,2-20H2,1H3,(H,23,25). The lowest BCUT2D eigenvalue weighted by atomic mass is 10.0. The maximum Gasteiger partial charge on any atom is 0.219 e. The SMILES string of the molecule is CCCCCCCCCCCCCCCC(=O)NCCCNCC(O)O.CCCCCCCCCCCCCCCC(=O)NCCCNCCO. The summed E-state index contributed by atoms with van der Waals surface area (Å²) in [4.78, 5) is 23.3. The van der Waals surface area contributed by atoms with Crippen LogP contribution in [0.2, 0.25) is 0 Å². The van der Waals surface area contributed by atoms with Crippen molar-refractivity contribution in [2.45, 2.75) is 213 Å². The third kappa shape index (κ3) is 50.9. The fourth-order valence-electron chi connectivity index (χ4n) is 6.10. The highest BCUT2D eigenvalue weighted by Gasteiger charge is 2.02. The first-order valence-electron chi connectivity index (χ1n) is 21.9. The molecule has 9 nitrogen and oxygen atoms in total. The molecule has 0 heterocycles. The van der Waals surface area contributed by atoms with Crippen LogP contribution >= 0.6 is 0 Å². The van der Waals surface area contributed by atoms with Crippen molar-refractivity contribution in [2.75, 3.05) is 45.9 Å². The van der Waals surface area contributed by atoms with Gasteiger partial charge in [-0.15, -0.1) is 0 Å². The molecular weight excluding hydrogens is 640 g/mol. The second kappa shape index (κ2) is 46.8. The Balaban J connectivity index is 0. The molecule has 0 spiro atoms. The number of aliphatic hydroxyl groups is 3. The Morgan fingerprint density at radius 2 is 0.725 bits per heavy atom. The lowest BCUT2D eigenvalue weighted by Gasteiger charge is -2.07. The average molecular weight is 729 g/mol. The van der Waals surface area contributed by atoms with Gasteiger partial charge in [-0.3, -0.25) is 9.59 Å². The van der Waals surface area contributed by atoms with E-state index in [-0.39, 0.29) is 25.0 Å². The summed E-state index contributed by atoms with van der Waals surface area (Å²) in [6.07, 6.45) is 36.3. The van der Waals surface area contributed by atoms with E-state index in [2.05, 4.69) is 35.1 Å². The van der Waals surface area contributed by atoms with Gasteiger partial charge in [0.25, 0.3) is 0 Å². The first-order valence-corrected chi connectivity index (χ1v) is 21.9. The lowest BCUT2D eigenvalue weighted by molar-refractivity contribution is -0.122. The van der Waals surface area contributed by atoms with E-state index in [1.54, 1.807) is 0 Å². The molecule has 0 fully saturated rings. The molecular formula is C42H88N4O5. The Morgan fingerprint density at radius 3 is 1.04 bits per heavy atom. The van der Waals surface area contributed by atoms with Gasteiger partial charge in [-0.2, -0.15) is 0 Å². The minimum absolute atomic E-state index is 0.135. The Labute approximate surface area is 316 Å². The van der Waals surface area contributed by atoms with Crippen molar-refractivity contribution in [3.8, 4) is 0 Å². The maximum atomic E-state index is 11.7. The highest BCUT2D eigenvalue weighted by Crippen LogP contribution is 2.14. The first kappa shape index (κ1) is 51.8. The minimum Gasteiger partial charge on any atom is -0.395 e. The van der Waals surface area contributed by atoms with Crippen molar-refractivity contribution in [1.29, 1.82) is 0 Å². The molecule has 0 bridgehead atoms. The van der Waals surface area contributed by atoms with E-state index in [0.717, 1.165) is 45.2 Å². The third-order valence-corrected chi connectivity index (χ3v) is 9.34. The van der Waals surface area contributed by atoms with Gasteiger partial charge in [-0.25, -0.2) is 0 Å². The summed E-state index contributed by atoms with van der Waals surface area (Å²) in [6, 6.07) is 0. The van der Waals surface area contributed by atoms with Crippen LogP contribution in [0.3, 0.4) is 0 Å². The third-order valence-electron chi connectivity index (χ3n) is 9.34. The van der Waals surface area contributed by atoms with Gasteiger partial charge in [0, 0.05) is 39.0 Å². The second-order valence-corrected chi connectivity index (χ2v) is 14.6. The predicted molar refractivity (Wildman–Crippen MR) is 217 cm³/mol. The molecule has 0 aliphatic heterocycles. The van der Waals surface area contributed by atoms with E-state index < -0.39 is 6.29 Å². The van der Waals surface area contributed by atoms with E-state index in [4.69, 9.17) is 15.3 Å². The lowest BCUT2D eigenvalue weighted by Crippen LogP contribution is -2.30. The summed E-state index contributed by atoms with van der Waals surface area (Å²) in [5.74, 6) is 0.320. The van der Waals surface area contributed by atoms with Gasteiger partial charge in [0.2, 0.25) is 11.8 Å². The molecule has 0 aromatic carbocycles. The van der Waals surface area contributed by atoms with Crippen LogP contribution in [-0.4, -0.2) is 79.3 Å². The van der Waals surface area contributed by atoms with E-state index >= 15 is 0 Å². The van der Waals surface area contributed by atoms with Crippen LogP contribution in [-0.2, 0) is 9.59 Å². The van der Waals surface area contributed by atoms with Crippen molar-refractivity contribution >= 4 is 11.8 Å². The molecule has 0 saturated carbocycles. The smallest absolute Gasteiger partial charge is 0.219 e. The Morgan fingerprint density at radius 1 is 0.412 bits per heavy atom. The van der Waals surface area contributed by atoms with Gasteiger partial charge in [0.15, 0.2) is 6.29 Å². The monoisotopic (exact) mass is 729 g/mol. The van der Waals surface area contributed by atoms with E-state index in [9.17, 15) is 9.59 Å². The molecule has 0 aromatic rings. The number of unbranched alkanes of at least 4 members (excludes halogenated alkanes) is 24. The van der Waals surface area contributed by atoms with Crippen LogP contribution in [0.15, 0.2) is 0 Å². The summed E-state index contributed by atoms with van der Waals surface area (Å²) in [5.41, 5.74) is 0. The summed E-state index contributed by atoms with van der Waals surface area (Å²) >= 11 is 0. The van der Waals surface area contributed by atoms with Gasteiger partial charge < -0.3 is 36.6 Å². The molecule has 0 saturated heterocycles. The number of amides is 2. The van der Waals surface area contributed by atoms with Gasteiger partial charge in [-0.1, -0.05) is 168 Å². The van der Waals surface area contributed by atoms with Crippen molar-refractivity contribution in [1.82, 2.24) is 21.3 Å². The quantitative estimate of drug-likeness (QED) is 0.0248. The molecule has 0 unspecified atom stereocenters. The molecule has 306 valence electrons. The zero-order valence-corrected chi connectivity index (χ0v) is 33.9. The van der Waals surface area contributed by atoms with Crippen LogP contribution in [0, 0.1) is 0 Å². The topological polar surface area (TPSA) is 143 Å². The average Bonchev–Trinajstić information content (AvgIpc) is 3.12. The van der Waals surface area contributed by atoms with Crippen LogP contribution in [0.25, 0.3) is 0 Å². The first-order chi connectivity index (χ1) is 25.0. The summed E-state index contributed by atoms with van der Waals surface area (Å²) in [6.45, 7) is 8.41. The summed E-state index contributed by atoms with van der Waals surface area (Å²) in [7, 11) is 0. The number of carbonyl (C=O) groups excluding carboxylic acids is 2. The van der Waals surface area contributed by atoms with Crippen LogP contribution in [0.1, 0.15) is 206 Å². The zero-order valence-electron chi connectivity index (χ0n) is 33.9. The Hall–Kier alpha value is -1.26. The van der Waals surface area contributed by atoms with Crippen LogP contribution in [0.5, 0.6) is 0 Å². The minimum atomic E-state index is -1.31. The number of hydrogen-bond acceptors (Lipinski definition) is 7. The predicted octanol–water partition coefficient (Wildman–Crippen LogP) is 8.43. The number of aliphatic hydroxyl groups excluding tert-OH is 2. The Bertz CT molecular complexity index is 684. The van der Waals surface area contributed by atoms with Crippen molar-refractivity contribution in [2.24, 2.45) is 0 Å². The van der Waals surface area contributed by atoms with Crippen molar-refractivity contribution in [3.63, 3.8) is 0 Å². The number of carbonyl (C=O) groups is 2. The fourth-order valence-corrected chi connectivity index (χ4v) is 6.10. The molecule has 0 aliphatic rings. The largest absolute Gasteiger partial charge is 0.395 e. The van der Waals surface area contributed by atoms with Gasteiger partial charge in [0.05, 0.1) is 6.61 Å². The fraction of sp³-hybridized carbons (Fsp3) is 0.952.